The van der Waals surface area contributed by atoms with Crippen molar-refractivity contribution in [3.63, 3.8) is 0 Å². The van der Waals surface area contributed by atoms with Gasteiger partial charge < -0.3 is 40.1 Å². The highest BCUT2D eigenvalue weighted by Gasteiger charge is 2.42. The minimum absolute atomic E-state index is 0.0139. The molecule has 8 unspecified atom stereocenters. The first-order valence-corrected chi connectivity index (χ1v) is 20.6. The molecule has 1 saturated heterocycles. The number of rotatable bonds is 22. The predicted octanol–water partition coefficient (Wildman–Crippen LogP) is 3.28. The first-order valence-electron chi connectivity index (χ1n) is 19.7. The number of likely N-dealkylation sites (N-methyl/N-ethyl adjacent to an activating group) is 3. The molecule has 3 rings (SSSR count). The molecule has 2 heterocycles. The molecule has 5 amide bonds. The molecule has 0 spiro atoms. The lowest BCUT2D eigenvalue weighted by Crippen LogP contribution is -2.56. The van der Waals surface area contributed by atoms with Crippen molar-refractivity contribution in [3.8, 4) is 0 Å². The maximum absolute atomic E-state index is 14.2. The van der Waals surface area contributed by atoms with Crippen LogP contribution in [-0.4, -0.2) is 135 Å². The third-order valence-electron chi connectivity index (χ3n) is 11.1. The second kappa shape index (κ2) is 22.7. The van der Waals surface area contributed by atoms with Crippen molar-refractivity contribution in [2.75, 3.05) is 55.0 Å². The van der Waals surface area contributed by atoms with Crippen LogP contribution in [0.1, 0.15) is 76.9 Å². The summed E-state index contributed by atoms with van der Waals surface area (Å²) in [5.74, 6) is -2.12. The average molecular weight is 800 g/mol. The summed E-state index contributed by atoms with van der Waals surface area (Å²) in [7, 11) is 8.03. The number of hydrogen-bond acceptors (Lipinski definition) is 10. The molecule has 1 aromatic heterocycles. The van der Waals surface area contributed by atoms with E-state index >= 15 is 0 Å². The highest BCUT2D eigenvalue weighted by molar-refractivity contribution is 7.09. The fourth-order valence-corrected chi connectivity index (χ4v) is 8.52. The van der Waals surface area contributed by atoms with E-state index in [1.54, 1.807) is 51.4 Å². The minimum atomic E-state index is -0.754. The second-order valence-electron chi connectivity index (χ2n) is 15.2. The predicted molar refractivity (Wildman–Crippen MR) is 218 cm³/mol. The van der Waals surface area contributed by atoms with Crippen LogP contribution in [0.5, 0.6) is 0 Å². The summed E-state index contributed by atoms with van der Waals surface area (Å²) >= 11 is 1.49. The molecule has 15 heteroatoms. The van der Waals surface area contributed by atoms with Crippen LogP contribution in [0.25, 0.3) is 0 Å². The van der Waals surface area contributed by atoms with Crippen LogP contribution in [0.15, 0.2) is 41.9 Å². The number of thiazole rings is 1. The Bertz CT molecular complexity index is 1550. The Morgan fingerprint density at radius 2 is 1.64 bits per heavy atom. The SMILES string of the molecule is CCC(C)C(C(CC(=O)N1CCCC1C(OC)C(C)C(=O)NC(Cc1ccccc1)c1nccs1)OC)N(C)C(=O)CNC(=O)C(C(C)C)N(C)C(=O)CNC. The third-order valence-corrected chi connectivity index (χ3v) is 12.0. The number of amides is 5. The molecule has 0 bridgehead atoms. The van der Waals surface area contributed by atoms with E-state index in [1.165, 1.54) is 16.2 Å². The van der Waals surface area contributed by atoms with E-state index in [9.17, 15) is 24.0 Å². The molecule has 0 aliphatic carbocycles. The smallest absolute Gasteiger partial charge is 0.243 e. The largest absolute Gasteiger partial charge is 0.379 e. The lowest BCUT2D eigenvalue weighted by molar-refractivity contribution is -0.146. The maximum Gasteiger partial charge on any atom is 0.243 e. The molecular weight excluding hydrogens is 735 g/mol. The highest BCUT2D eigenvalue weighted by Crippen LogP contribution is 2.30. The van der Waals surface area contributed by atoms with Gasteiger partial charge in [-0.2, -0.15) is 0 Å². The fraction of sp³-hybridized carbons (Fsp3) is 0.659. The number of carbonyl (C=O) groups is 5. The molecule has 0 saturated carbocycles. The van der Waals surface area contributed by atoms with Crippen LogP contribution in [-0.2, 0) is 39.9 Å². The molecule has 1 aromatic carbocycles. The summed E-state index contributed by atoms with van der Waals surface area (Å²) in [5, 5.41) is 11.5. The van der Waals surface area contributed by atoms with Crippen LogP contribution in [0, 0.1) is 17.8 Å². The van der Waals surface area contributed by atoms with E-state index in [2.05, 4.69) is 20.9 Å². The molecule has 312 valence electrons. The maximum atomic E-state index is 14.2. The lowest BCUT2D eigenvalue weighted by Gasteiger charge is -2.39. The van der Waals surface area contributed by atoms with Crippen LogP contribution >= 0.6 is 11.3 Å². The van der Waals surface area contributed by atoms with Gasteiger partial charge in [0.25, 0.3) is 0 Å². The number of benzene rings is 1. The first kappa shape index (κ1) is 46.5. The van der Waals surface area contributed by atoms with Gasteiger partial charge in [0.15, 0.2) is 0 Å². The van der Waals surface area contributed by atoms with Gasteiger partial charge >= 0.3 is 0 Å². The van der Waals surface area contributed by atoms with Crippen LogP contribution < -0.4 is 16.0 Å². The summed E-state index contributed by atoms with van der Waals surface area (Å²) in [6.45, 7) is 9.89. The summed E-state index contributed by atoms with van der Waals surface area (Å²) < 4.78 is 12.0. The van der Waals surface area contributed by atoms with Crippen molar-refractivity contribution < 1.29 is 33.4 Å². The molecule has 1 fully saturated rings. The zero-order valence-corrected chi connectivity index (χ0v) is 35.8. The van der Waals surface area contributed by atoms with Gasteiger partial charge in [0.05, 0.1) is 55.8 Å². The Kier molecular flexibility index (Phi) is 18.9. The molecule has 2 aromatic rings. The zero-order valence-electron chi connectivity index (χ0n) is 34.9. The Morgan fingerprint density at radius 3 is 2.21 bits per heavy atom. The zero-order chi connectivity index (χ0) is 41.5. The summed E-state index contributed by atoms with van der Waals surface area (Å²) in [6.07, 6.45) is 3.29. The standard InChI is InChI=1S/C41H65N7O7S/c1-11-27(4)37(47(8)35(51)25-44-40(53)36(26(2)3)46(7)34(50)24-42-6)32(54-9)23-33(49)48-20-15-18-31(48)38(55-10)28(5)39(52)45-30(41-43-19-21-56-41)22-29-16-13-12-14-17-29/h12-14,16-17,19,21,26-28,30-32,36-38,42H,11,15,18,20,22-25H2,1-10H3,(H,44,53)(H,45,52). The van der Waals surface area contributed by atoms with Crippen molar-refractivity contribution in [2.24, 2.45) is 17.8 Å². The first-order chi connectivity index (χ1) is 26.7. The average Bonchev–Trinajstić information content (AvgIpc) is 3.90. The Balaban J connectivity index is 1.72. The molecule has 0 radical (unpaired) electrons. The second-order valence-corrected chi connectivity index (χ2v) is 16.1. The quantitative estimate of drug-likeness (QED) is 0.162. The molecule has 14 nitrogen and oxygen atoms in total. The number of ether oxygens (including phenoxy) is 2. The van der Waals surface area contributed by atoms with Crippen molar-refractivity contribution >= 4 is 40.9 Å². The fourth-order valence-electron chi connectivity index (χ4n) is 7.83. The number of carbonyl (C=O) groups excluding carboxylic acids is 5. The molecule has 3 N–H and O–H groups in total. The van der Waals surface area contributed by atoms with Gasteiger partial charge in [-0.1, -0.05) is 71.4 Å². The molecular formula is C41H65N7O7S. The van der Waals surface area contributed by atoms with E-state index in [4.69, 9.17) is 9.47 Å². The van der Waals surface area contributed by atoms with Gasteiger partial charge in [-0.15, -0.1) is 11.3 Å². The summed E-state index contributed by atoms with van der Waals surface area (Å²) in [5.41, 5.74) is 1.08. The van der Waals surface area contributed by atoms with Crippen molar-refractivity contribution in [2.45, 2.75) is 103 Å². The molecule has 1 aliphatic heterocycles. The van der Waals surface area contributed by atoms with E-state index in [0.717, 1.165) is 17.0 Å². The molecule has 1 aliphatic rings. The van der Waals surface area contributed by atoms with Crippen molar-refractivity contribution in [1.82, 2.24) is 35.6 Å². The highest BCUT2D eigenvalue weighted by atomic mass is 32.1. The van der Waals surface area contributed by atoms with Crippen molar-refractivity contribution in [1.29, 1.82) is 0 Å². The van der Waals surface area contributed by atoms with Gasteiger partial charge in [-0.05, 0) is 43.7 Å². The summed E-state index contributed by atoms with van der Waals surface area (Å²) in [4.78, 5) is 76.8. The van der Waals surface area contributed by atoms with Crippen LogP contribution in [0.4, 0.5) is 0 Å². The van der Waals surface area contributed by atoms with Gasteiger partial charge in [0, 0.05) is 46.4 Å². The Labute approximate surface area is 337 Å². The van der Waals surface area contributed by atoms with Gasteiger partial charge in [-0.3, -0.25) is 24.0 Å². The lowest BCUT2D eigenvalue weighted by atomic mass is 9.90. The third kappa shape index (κ3) is 12.3. The minimum Gasteiger partial charge on any atom is -0.379 e. The van der Waals surface area contributed by atoms with E-state index in [0.29, 0.717) is 25.8 Å². The number of aromatic nitrogens is 1. The monoisotopic (exact) mass is 799 g/mol. The number of likely N-dealkylation sites (tertiary alicyclic amines) is 1. The van der Waals surface area contributed by atoms with E-state index in [1.807, 2.05) is 70.3 Å². The van der Waals surface area contributed by atoms with Crippen LogP contribution in [0.3, 0.4) is 0 Å². The number of nitrogens with zero attached hydrogens (tertiary/aromatic N) is 4. The van der Waals surface area contributed by atoms with E-state index in [-0.39, 0.29) is 67.1 Å². The summed E-state index contributed by atoms with van der Waals surface area (Å²) in [6, 6.07) is 8.09. The molecule has 8 atom stereocenters. The Morgan fingerprint density at radius 1 is 0.964 bits per heavy atom. The number of nitrogens with one attached hydrogen (secondary N) is 3. The van der Waals surface area contributed by atoms with Gasteiger partial charge in [0.2, 0.25) is 29.5 Å². The van der Waals surface area contributed by atoms with Crippen LogP contribution in [0.2, 0.25) is 0 Å². The van der Waals surface area contributed by atoms with Gasteiger partial charge in [0.1, 0.15) is 11.0 Å². The topological polar surface area (TPSA) is 163 Å². The van der Waals surface area contributed by atoms with Crippen molar-refractivity contribution in [3.05, 3.63) is 52.5 Å². The van der Waals surface area contributed by atoms with Gasteiger partial charge in [-0.25, -0.2) is 4.98 Å². The Hall–Kier alpha value is -3.92. The van der Waals surface area contributed by atoms with E-state index < -0.39 is 36.1 Å². The number of methoxy groups -OCH3 is 2. The molecule has 56 heavy (non-hydrogen) atoms. The number of hydrogen-bond donors (Lipinski definition) is 3. The normalized spacial score (nSPS) is 18.0.